The smallest absolute Gasteiger partial charge is 0.0559 e. The molecule has 1 aromatic carbocycles. The van der Waals surface area contributed by atoms with E-state index in [4.69, 9.17) is 11.6 Å². The van der Waals surface area contributed by atoms with Gasteiger partial charge in [-0.3, -0.25) is 0 Å². The van der Waals surface area contributed by atoms with Gasteiger partial charge in [0.15, 0.2) is 0 Å². The number of benzene rings is 1. The summed E-state index contributed by atoms with van der Waals surface area (Å²) in [5.74, 6) is 0. The van der Waals surface area contributed by atoms with Crippen LogP contribution in [0.25, 0.3) is 0 Å². The Morgan fingerprint density at radius 1 is 1.38 bits per heavy atom. The summed E-state index contributed by atoms with van der Waals surface area (Å²) in [6.07, 6.45) is 3.95. The molecule has 0 aliphatic heterocycles. The van der Waals surface area contributed by atoms with Crippen LogP contribution in [-0.2, 0) is 0 Å². The van der Waals surface area contributed by atoms with Gasteiger partial charge in [0.25, 0.3) is 0 Å². The molecule has 1 fully saturated rings. The highest BCUT2D eigenvalue weighted by Crippen LogP contribution is 2.26. The van der Waals surface area contributed by atoms with Crippen molar-refractivity contribution in [2.45, 2.75) is 25.3 Å². The third-order valence-electron chi connectivity index (χ3n) is 2.40. The van der Waals surface area contributed by atoms with Crippen molar-refractivity contribution < 1.29 is 0 Å². The van der Waals surface area contributed by atoms with Crippen LogP contribution in [0.15, 0.2) is 18.2 Å². The van der Waals surface area contributed by atoms with Crippen molar-refractivity contribution in [3.05, 3.63) is 26.8 Å². The van der Waals surface area contributed by atoms with Crippen molar-refractivity contribution in [2.24, 2.45) is 0 Å². The zero-order valence-electron chi connectivity index (χ0n) is 7.19. The third kappa shape index (κ3) is 2.29. The molecule has 70 valence electrons. The molecule has 1 aliphatic rings. The minimum absolute atomic E-state index is 0.677. The maximum absolute atomic E-state index is 6.01. The van der Waals surface area contributed by atoms with Crippen LogP contribution in [0.3, 0.4) is 0 Å². The van der Waals surface area contributed by atoms with E-state index in [9.17, 15) is 0 Å². The molecule has 0 radical (unpaired) electrons. The third-order valence-corrected chi connectivity index (χ3v) is 3.97. The highest BCUT2D eigenvalue weighted by Gasteiger charge is 2.16. The summed E-state index contributed by atoms with van der Waals surface area (Å²) in [5.41, 5.74) is 1.15. The lowest BCUT2D eigenvalue weighted by Gasteiger charge is -2.27. The Morgan fingerprint density at radius 3 is 2.69 bits per heavy atom. The van der Waals surface area contributed by atoms with Crippen molar-refractivity contribution in [2.75, 3.05) is 5.32 Å². The van der Waals surface area contributed by atoms with E-state index in [-0.39, 0.29) is 0 Å². The van der Waals surface area contributed by atoms with Crippen molar-refractivity contribution >= 4 is 39.9 Å². The highest BCUT2D eigenvalue weighted by atomic mass is 127. The zero-order valence-corrected chi connectivity index (χ0v) is 10.1. The molecule has 1 N–H and O–H groups in total. The minimum atomic E-state index is 0.677. The molecule has 1 saturated carbocycles. The first-order valence-corrected chi connectivity index (χ1v) is 5.93. The van der Waals surface area contributed by atoms with Crippen LogP contribution in [0, 0.1) is 3.57 Å². The molecule has 2 rings (SSSR count). The minimum Gasteiger partial charge on any atom is -0.382 e. The number of anilines is 1. The molecule has 0 heterocycles. The van der Waals surface area contributed by atoms with Crippen molar-refractivity contribution in [1.82, 2.24) is 0 Å². The maximum atomic E-state index is 6.01. The van der Waals surface area contributed by atoms with Crippen LogP contribution in [0.5, 0.6) is 0 Å². The van der Waals surface area contributed by atoms with Crippen LogP contribution < -0.4 is 5.32 Å². The normalized spacial score (nSPS) is 16.8. The van der Waals surface area contributed by atoms with Crippen LogP contribution in [0.1, 0.15) is 19.3 Å². The average molecular weight is 308 g/mol. The summed E-state index contributed by atoms with van der Waals surface area (Å²) >= 11 is 8.25. The molecule has 1 nitrogen and oxygen atoms in total. The second-order valence-electron chi connectivity index (χ2n) is 3.40. The standard InChI is InChI=1S/C10H11ClIN/c11-9-6-8(4-5-10(9)12)13-7-2-1-3-7/h4-7,13H,1-3H2. The lowest BCUT2D eigenvalue weighted by atomic mass is 9.93. The molecule has 0 aromatic heterocycles. The molecular weight excluding hydrogens is 296 g/mol. The van der Waals surface area contributed by atoms with E-state index in [0.717, 1.165) is 14.3 Å². The molecule has 3 heteroatoms. The van der Waals surface area contributed by atoms with E-state index in [0.29, 0.717) is 6.04 Å². The summed E-state index contributed by atoms with van der Waals surface area (Å²) in [4.78, 5) is 0. The van der Waals surface area contributed by atoms with Crippen molar-refractivity contribution in [1.29, 1.82) is 0 Å². The van der Waals surface area contributed by atoms with Crippen molar-refractivity contribution in [3.8, 4) is 0 Å². The molecule has 1 aliphatic carbocycles. The van der Waals surface area contributed by atoms with Crippen LogP contribution in [0.2, 0.25) is 5.02 Å². The lowest BCUT2D eigenvalue weighted by Crippen LogP contribution is -2.26. The van der Waals surface area contributed by atoms with E-state index < -0.39 is 0 Å². The Labute approximate surface area is 97.0 Å². The summed E-state index contributed by atoms with van der Waals surface area (Å²) in [6.45, 7) is 0. The fourth-order valence-electron chi connectivity index (χ4n) is 1.37. The number of hydrogen-bond donors (Lipinski definition) is 1. The predicted molar refractivity (Wildman–Crippen MR) is 65.4 cm³/mol. The van der Waals surface area contributed by atoms with Gasteiger partial charge in [-0.25, -0.2) is 0 Å². The monoisotopic (exact) mass is 307 g/mol. The van der Waals surface area contributed by atoms with E-state index in [1.54, 1.807) is 0 Å². The molecule has 0 spiro atoms. The van der Waals surface area contributed by atoms with Gasteiger partial charge in [-0.1, -0.05) is 11.6 Å². The van der Waals surface area contributed by atoms with Gasteiger partial charge in [0.05, 0.1) is 5.02 Å². The van der Waals surface area contributed by atoms with Crippen LogP contribution in [0.4, 0.5) is 5.69 Å². The Hall–Kier alpha value is 0.0400. The van der Waals surface area contributed by atoms with Gasteiger partial charge >= 0.3 is 0 Å². The Kier molecular flexibility index (Phi) is 2.99. The first-order valence-electron chi connectivity index (χ1n) is 4.47. The molecule has 0 unspecified atom stereocenters. The second-order valence-corrected chi connectivity index (χ2v) is 4.97. The first-order chi connectivity index (χ1) is 6.25. The topological polar surface area (TPSA) is 12.0 Å². The molecule has 0 amide bonds. The van der Waals surface area contributed by atoms with Gasteiger partial charge in [-0.15, -0.1) is 0 Å². The van der Waals surface area contributed by atoms with Gasteiger partial charge < -0.3 is 5.32 Å². The Bertz CT molecular complexity index is 310. The molecule has 0 bridgehead atoms. The van der Waals surface area contributed by atoms with Gasteiger partial charge in [-0.05, 0) is 60.1 Å². The predicted octanol–water partition coefficient (Wildman–Crippen LogP) is 3.91. The number of nitrogens with one attached hydrogen (secondary N) is 1. The van der Waals surface area contributed by atoms with Gasteiger partial charge in [0.2, 0.25) is 0 Å². The van der Waals surface area contributed by atoms with E-state index in [1.165, 1.54) is 19.3 Å². The summed E-state index contributed by atoms with van der Waals surface area (Å²) in [7, 11) is 0. The lowest BCUT2D eigenvalue weighted by molar-refractivity contribution is 0.445. The van der Waals surface area contributed by atoms with Gasteiger partial charge in [0.1, 0.15) is 0 Å². The quantitative estimate of drug-likeness (QED) is 0.817. The van der Waals surface area contributed by atoms with E-state index >= 15 is 0 Å². The maximum Gasteiger partial charge on any atom is 0.0559 e. The van der Waals surface area contributed by atoms with Crippen molar-refractivity contribution in [3.63, 3.8) is 0 Å². The van der Waals surface area contributed by atoms with E-state index in [1.807, 2.05) is 12.1 Å². The average Bonchev–Trinajstić information content (AvgIpc) is 2.04. The number of hydrogen-bond acceptors (Lipinski definition) is 1. The fourth-order valence-corrected chi connectivity index (χ4v) is 1.89. The summed E-state index contributed by atoms with van der Waals surface area (Å²) in [6, 6.07) is 6.81. The molecule has 0 atom stereocenters. The van der Waals surface area contributed by atoms with Crippen LogP contribution >= 0.6 is 34.2 Å². The summed E-state index contributed by atoms with van der Waals surface area (Å²) in [5, 5.41) is 4.30. The second kappa shape index (κ2) is 4.05. The fraction of sp³-hybridized carbons (Fsp3) is 0.400. The Morgan fingerprint density at radius 2 is 2.15 bits per heavy atom. The Balaban J connectivity index is 2.07. The molecular formula is C10H11ClIN. The molecule has 13 heavy (non-hydrogen) atoms. The number of rotatable bonds is 2. The number of halogens is 2. The van der Waals surface area contributed by atoms with Gasteiger partial charge in [-0.2, -0.15) is 0 Å². The van der Waals surface area contributed by atoms with Crippen LogP contribution in [-0.4, -0.2) is 6.04 Å². The molecule has 1 aromatic rings. The van der Waals surface area contributed by atoms with E-state index in [2.05, 4.69) is 34.0 Å². The molecule has 0 saturated heterocycles. The SMILES string of the molecule is Clc1cc(NC2CCC2)ccc1I. The highest BCUT2D eigenvalue weighted by molar-refractivity contribution is 14.1. The largest absolute Gasteiger partial charge is 0.382 e. The first kappa shape index (κ1) is 9.59. The zero-order chi connectivity index (χ0) is 9.26. The summed E-state index contributed by atoms with van der Waals surface area (Å²) < 4.78 is 1.11. The van der Waals surface area contributed by atoms with Gasteiger partial charge in [0, 0.05) is 15.3 Å².